The minimum Gasteiger partial charge on any atom is -0.505 e. The Balaban J connectivity index is 4.41. The number of carbonyl (C=O) groups is 1. The predicted octanol–water partition coefficient (Wildman–Crippen LogP) is 2.45. The van der Waals surface area contributed by atoms with E-state index in [1.165, 1.54) is 6.92 Å². The molecule has 11 heavy (non-hydrogen) atoms. The molecule has 0 saturated carbocycles. The van der Waals surface area contributed by atoms with Crippen molar-refractivity contribution in [3.63, 3.8) is 0 Å². The molecule has 0 rings (SSSR count). The summed E-state index contributed by atoms with van der Waals surface area (Å²) in [6, 6.07) is 0. The van der Waals surface area contributed by atoms with Crippen LogP contribution in [0.3, 0.4) is 0 Å². The van der Waals surface area contributed by atoms with Crippen molar-refractivity contribution in [3.05, 3.63) is 11.8 Å². The van der Waals surface area contributed by atoms with Crippen LogP contribution >= 0.6 is 0 Å². The highest BCUT2D eigenvalue weighted by molar-refractivity contribution is 5.90. The first-order valence-electron chi connectivity index (χ1n) is 3.82. The molecule has 0 aliphatic rings. The van der Waals surface area contributed by atoms with Gasteiger partial charge in [-0.05, 0) is 17.9 Å². The zero-order chi connectivity index (χ0) is 9.07. The number of rotatable bonds is 3. The molecule has 0 spiro atoms. The Bertz CT molecular complexity index is 178. The van der Waals surface area contributed by atoms with Crippen LogP contribution in [0.15, 0.2) is 11.8 Å². The van der Waals surface area contributed by atoms with Crippen molar-refractivity contribution < 1.29 is 9.90 Å². The molecule has 0 unspecified atom stereocenters. The van der Waals surface area contributed by atoms with Gasteiger partial charge < -0.3 is 5.11 Å². The number of hydrogen-bond acceptors (Lipinski definition) is 2. The molecular formula is C9H16O2. The van der Waals surface area contributed by atoms with E-state index in [1.54, 1.807) is 6.08 Å². The molecule has 0 aliphatic heterocycles. The highest BCUT2D eigenvalue weighted by atomic mass is 16.3. The Labute approximate surface area is 67.9 Å². The van der Waals surface area contributed by atoms with Crippen molar-refractivity contribution in [2.75, 3.05) is 0 Å². The van der Waals surface area contributed by atoms with Crippen molar-refractivity contribution in [2.45, 2.75) is 34.1 Å². The number of aliphatic hydroxyl groups is 1. The Hall–Kier alpha value is -0.790. The number of Topliss-reactive ketones (excluding diaryl/α,β-unsaturated/α-hetero) is 1. The molecule has 0 aromatic heterocycles. The maximum atomic E-state index is 10.6. The first kappa shape index (κ1) is 10.2. The summed E-state index contributed by atoms with van der Waals surface area (Å²) in [6.45, 7) is 7.33. The van der Waals surface area contributed by atoms with Gasteiger partial charge in [-0.15, -0.1) is 0 Å². The molecule has 0 aliphatic carbocycles. The summed E-state index contributed by atoms with van der Waals surface area (Å²) >= 11 is 0. The molecule has 0 aromatic carbocycles. The van der Waals surface area contributed by atoms with Gasteiger partial charge in [0.2, 0.25) is 0 Å². The summed E-state index contributed by atoms with van der Waals surface area (Å²) in [5, 5.41) is 9.10. The van der Waals surface area contributed by atoms with E-state index in [9.17, 15) is 4.79 Å². The Morgan fingerprint density at radius 1 is 1.55 bits per heavy atom. The van der Waals surface area contributed by atoms with Crippen LogP contribution < -0.4 is 0 Å². The quantitative estimate of drug-likeness (QED) is 0.503. The lowest BCUT2D eigenvalue weighted by Gasteiger charge is -2.16. The summed E-state index contributed by atoms with van der Waals surface area (Å²) in [6.07, 6.45) is 2.51. The number of ketones is 1. The number of aliphatic hydroxyl groups excluding tert-OH is 1. The zero-order valence-electron chi connectivity index (χ0n) is 7.64. The average Bonchev–Trinajstić information content (AvgIpc) is 1.87. The first-order chi connectivity index (χ1) is 4.89. The van der Waals surface area contributed by atoms with E-state index in [2.05, 4.69) is 0 Å². The van der Waals surface area contributed by atoms with E-state index >= 15 is 0 Å². The van der Waals surface area contributed by atoms with Gasteiger partial charge in [-0.2, -0.15) is 0 Å². The molecule has 0 amide bonds. The third kappa shape index (κ3) is 3.81. The minimum absolute atomic E-state index is 0.0875. The van der Waals surface area contributed by atoms with Crippen LogP contribution in [0.1, 0.15) is 34.1 Å². The van der Waals surface area contributed by atoms with Crippen molar-refractivity contribution in [3.8, 4) is 0 Å². The molecule has 0 fully saturated rings. The van der Waals surface area contributed by atoms with E-state index in [4.69, 9.17) is 5.11 Å². The molecule has 2 heteroatoms. The Kier molecular flexibility index (Phi) is 3.30. The third-order valence-electron chi connectivity index (χ3n) is 1.80. The lowest BCUT2D eigenvalue weighted by atomic mass is 9.89. The van der Waals surface area contributed by atoms with Crippen LogP contribution in [0.5, 0.6) is 0 Å². The molecule has 0 radical (unpaired) electrons. The smallest absolute Gasteiger partial charge is 0.193 e. The van der Waals surface area contributed by atoms with Crippen LogP contribution in [0.25, 0.3) is 0 Å². The van der Waals surface area contributed by atoms with Gasteiger partial charge in [0.05, 0.1) is 0 Å². The standard InChI is InChI=1S/C9H16O2/c1-5-9(3,4)6-8(11)7(2)10/h6,11H,5H2,1-4H3/b8-6+. The SMILES string of the molecule is CCC(C)(C)/C=C(/O)C(C)=O. The Morgan fingerprint density at radius 3 is 2.27 bits per heavy atom. The van der Waals surface area contributed by atoms with Gasteiger partial charge >= 0.3 is 0 Å². The summed E-state index contributed by atoms with van der Waals surface area (Å²) in [5.41, 5.74) is -0.0875. The fourth-order valence-electron chi connectivity index (χ4n) is 0.574. The maximum Gasteiger partial charge on any atom is 0.193 e. The molecular weight excluding hydrogens is 140 g/mol. The Morgan fingerprint density at radius 2 is 2.00 bits per heavy atom. The highest BCUT2D eigenvalue weighted by Crippen LogP contribution is 2.22. The van der Waals surface area contributed by atoms with Crippen LogP contribution in [0, 0.1) is 5.41 Å². The van der Waals surface area contributed by atoms with E-state index in [0.29, 0.717) is 0 Å². The van der Waals surface area contributed by atoms with Gasteiger partial charge in [0.15, 0.2) is 11.5 Å². The first-order valence-corrected chi connectivity index (χ1v) is 3.82. The lowest BCUT2D eigenvalue weighted by Crippen LogP contribution is -2.08. The fourth-order valence-corrected chi connectivity index (χ4v) is 0.574. The highest BCUT2D eigenvalue weighted by Gasteiger charge is 2.14. The minimum atomic E-state index is -0.272. The predicted molar refractivity (Wildman–Crippen MR) is 45.5 cm³/mol. The number of allylic oxidation sites excluding steroid dienone is 2. The van der Waals surface area contributed by atoms with Gasteiger partial charge in [0.1, 0.15) is 0 Å². The van der Waals surface area contributed by atoms with Crippen LogP contribution in [0.2, 0.25) is 0 Å². The number of carbonyl (C=O) groups excluding carboxylic acids is 1. The van der Waals surface area contributed by atoms with E-state index in [0.717, 1.165) is 6.42 Å². The van der Waals surface area contributed by atoms with Gasteiger partial charge in [-0.3, -0.25) is 4.79 Å². The molecule has 0 aromatic rings. The topological polar surface area (TPSA) is 37.3 Å². The van der Waals surface area contributed by atoms with E-state index in [1.807, 2.05) is 20.8 Å². The summed E-state index contributed by atoms with van der Waals surface area (Å²) in [4.78, 5) is 10.6. The van der Waals surface area contributed by atoms with Gasteiger partial charge in [0.25, 0.3) is 0 Å². The van der Waals surface area contributed by atoms with Crippen LogP contribution in [-0.4, -0.2) is 10.9 Å². The second-order valence-electron chi connectivity index (χ2n) is 3.43. The van der Waals surface area contributed by atoms with Crippen molar-refractivity contribution in [2.24, 2.45) is 5.41 Å². The molecule has 0 atom stereocenters. The van der Waals surface area contributed by atoms with Crippen molar-refractivity contribution in [1.82, 2.24) is 0 Å². The summed E-state index contributed by atoms with van der Waals surface area (Å²) in [5.74, 6) is -0.400. The zero-order valence-corrected chi connectivity index (χ0v) is 7.64. The molecule has 0 heterocycles. The summed E-state index contributed by atoms with van der Waals surface area (Å²) < 4.78 is 0. The molecule has 0 bridgehead atoms. The third-order valence-corrected chi connectivity index (χ3v) is 1.80. The molecule has 0 saturated heterocycles. The van der Waals surface area contributed by atoms with Gasteiger partial charge in [0, 0.05) is 6.92 Å². The van der Waals surface area contributed by atoms with Crippen LogP contribution in [0.4, 0.5) is 0 Å². The monoisotopic (exact) mass is 156 g/mol. The average molecular weight is 156 g/mol. The normalized spacial score (nSPS) is 13.3. The molecule has 64 valence electrons. The second-order valence-corrected chi connectivity index (χ2v) is 3.43. The fraction of sp³-hybridized carbons (Fsp3) is 0.667. The molecule has 1 N–H and O–H groups in total. The van der Waals surface area contributed by atoms with Crippen LogP contribution in [-0.2, 0) is 4.79 Å². The van der Waals surface area contributed by atoms with E-state index in [-0.39, 0.29) is 17.0 Å². The van der Waals surface area contributed by atoms with Crippen molar-refractivity contribution >= 4 is 5.78 Å². The van der Waals surface area contributed by atoms with Gasteiger partial charge in [-0.1, -0.05) is 20.8 Å². The van der Waals surface area contributed by atoms with E-state index < -0.39 is 0 Å². The molecule has 2 nitrogen and oxygen atoms in total. The van der Waals surface area contributed by atoms with Gasteiger partial charge in [-0.25, -0.2) is 0 Å². The lowest BCUT2D eigenvalue weighted by molar-refractivity contribution is -0.116. The maximum absolute atomic E-state index is 10.6. The summed E-state index contributed by atoms with van der Waals surface area (Å²) in [7, 11) is 0. The van der Waals surface area contributed by atoms with Crippen molar-refractivity contribution in [1.29, 1.82) is 0 Å². The second kappa shape index (κ2) is 3.56. The largest absolute Gasteiger partial charge is 0.505 e. The number of hydrogen-bond donors (Lipinski definition) is 1.